The van der Waals surface area contributed by atoms with Crippen LogP contribution in [-0.4, -0.2) is 23.7 Å². The quantitative estimate of drug-likeness (QED) is 0.666. The highest BCUT2D eigenvalue weighted by molar-refractivity contribution is 7.99. The van der Waals surface area contributed by atoms with E-state index in [4.69, 9.17) is 10.6 Å². The Morgan fingerprint density at radius 2 is 2.38 bits per heavy atom. The number of hydrogen-bond acceptors (Lipinski definition) is 4. The summed E-state index contributed by atoms with van der Waals surface area (Å²) in [4.78, 5) is 0. The molecule has 2 aliphatic rings. The summed E-state index contributed by atoms with van der Waals surface area (Å²) in [6.45, 7) is 2.73. The Morgan fingerprint density at radius 1 is 1.52 bits per heavy atom. The Labute approximate surface area is 129 Å². The van der Waals surface area contributed by atoms with Gasteiger partial charge in [0.15, 0.2) is 0 Å². The maximum absolute atomic E-state index is 14.2. The maximum Gasteiger partial charge on any atom is 0.128 e. The third-order valence-electron chi connectivity index (χ3n) is 4.74. The second-order valence-electron chi connectivity index (χ2n) is 6.26. The average Bonchev–Trinajstić information content (AvgIpc) is 2.91. The number of hydrazine groups is 1. The second kappa shape index (κ2) is 6.24. The van der Waals surface area contributed by atoms with Crippen LogP contribution in [0.25, 0.3) is 0 Å². The van der Waals surface area contributed by atoms with Crippen molar-refractivity contribution >= 4 is 11.8 Å². The molecule has 2 aliphatic heterocycles. The maximum atomic E-state index is 14.2. The van der Waals surface area contributed by atoms with Gasteiger partial charge in [0.1, 0.15) is 5.82 Å². The van der Waals surface area contributed by atoms with Crippen molar-refractivity contribution in [2.75, 3.05) is 18.1 Å². The van der Waals surface area contributed by atoms with E-state index in [0.29, 0.717) is 11.5 Å². The van der Waals surface area contributed by atoms with Crippen LogP contribution in [0, 0.1) is 18.7 Å². The standard InChI is InChI=1S/C16H23FN2OS/c1-11-2-3-14(17)13(8-11)15(19-18)12-4-6-20-16(9-12)5-7-21-10-16/h2-3,8,12,15,19H,4-7,9-10,18H2,1H3. The van der Waals surface area contributed by atoms with Gasteiger partial charge in [-0.15, -0.1) is 0 Å². The number of thioether (sulfide) groups is 1. The predicted molar refractivity (Wildman–Crippen MR) is 84.6 cm³/mol. The van der Waals surface area contributed by atoms with Gasteiger partial charge in [0.05, 0.1) is 11.6 Å². The molecule has 5 heteroatoms. The van der Waals surface area contributed by atoms with Gasteiger partial charge >= 0.3 is 0 Å². The van der Waals surface area contributed by atoms with E-state index in [1.54, 1.807) is 6.07 Å². The van der Waals surface area contributed by atoms with Crippen molar-refractivity contribution in [2.24, 2.45) is 11.8 Å². The predicted octanol–water partition coefficient (Wildman–Crippen LogP) is 2.94. The smallest absolute Gasteiger partial charge is 0.128 e. The molecule has 2 fully saturated rings. The minimum absolute atomic E-state index is 0.0109. The van der Waals surface area contributed by atoms with Gasteiger partial charge < -0.3 is 4.74 Å². The summed E-state index contributed by atoms with van der Waals surface area (Å²) in [5, 5.41) is 0. The molecule has 3 rings (SSSR count). The summed E-state index contributed by atoms with van der Waals surface area (Å²) >= 11 is 1.95. The Hall–Kier alpha value is -0.620. The first kappa shape index (κ1) is 15.3. The van der Waals surface area contributed by atoms with Crippen LogP contribution in [0.1, 0.15) is 36.4 Å². The molecule has 116 valence electrons. The highest BCUT2D eigenvalue weighted by Gasteiger charge is 2.43. The van der Waals surface area contributed by atoms with Crippen LogP contribution < -0.4 is 11.3 Å². The fraction of sp³-hybridized carbons (Fsp3) is 0.625. The number of ether oxygens (including phenoxy) is 1. The molecule has 0 aliphatic carbocycles. The lowest BCUT2D eigenvalue weighted by molar-refractivity contribution is -0.0856. The van der Waals surface area contributed by atoms with Crippen LogP contribution in [0.2, 0.25) is 0 Å². The minimum atomic E-state index is -0.176. The molecular weight excluding hydrogens is 287 g/mol. The molecule has 0 radical (unpaired) electrons. The van der Waals surface area contributed by atoms with Gasteiger partial charge in [0.2, 0.25) is 0 Å². The summed E-state index contributed by atoms with van der Waals surface area (Å²) in [7, 11) is 0. The van der Waals surface area contributed by atoms with Gasteiger partial charge in [-0.2, -0.15) is 11.8 Å². The number of nitrogens with two attached hydrogens (primary N) is 1. The molecule has 21 heavy (non-hydrogen) atoms. The number of rotatable bonds is 3. The molecule has 0 amide bonds. The third kappa shape index (κ3) is 3.11. The normalized spacial score (nSPS) is 30.7. The summed E-state index contributed by atoms with van der Waals surface area (Å²) in [5.41, 5.74) is 4.59. The monoisotopic (exact) mass is 310 g/mol. The molecule has 0 aromatic heterocycles. The van der Waals surface area contributed by atoms with Crippen molar-refractivity contribution < 1.29 is 9.13 Å². The molecule has 3 nitrogen and oxygen atoms in total. The van der Waals surface area contributed by atoms with Gasteiger partial charge in [0, 0.05) is 17.9 Å². The minimum Gasteiger partial charge on any atom is -0.374 e. The van der Waals surface area contributed by atoms with Crippen LogP contribution in [0.5, 0.6) is 0 Å². The van der Waals surface area contributed by atoms with Gasteiger partial charge in [0.25, 0.3) is 0 Å². The number of hydrogen-bond donors (Lipinski definition) is 2. The number of nitrogens with one attached hydrogen (secondary N) is 1. The van der Waals surface area contributed by atoms with E-state index in [9.17, 15) is 4.39 Å². The summed E-state index contributed by atoms with van der Waals surface area (Å²) in [6, 6.07) is 5.10. The lowest BCUT2D eigenvalue weighted by Gasteiger charge is -2.41. The average molecular weight is 310 g/mol. The summed E-state index contributed by atoms with van der Waals surface area (Å²) in [5.74, 6) is 8.13. The van der Waals surface area contributed by atoms with Crippen molar-refractivity contribution in [3.8, 4) is 0 Å². The first-order chi connectivity index (χ1) is 10.1. The fourth-order valence-electron chi connectivity index (χ4n) is 3.59. The summed E-state index contributed by atoms with van der Waals surface area (Å²) < 4.78 is 20.3. The Kier molecular flexibility index (Phi) is 4.54. The van der Waals surface area contributed by atoms with E-state index in [1.165, 1.54) is 6.07 Å². The topological polar surface area (TPSA) is 47.3 Å². The van der Waals surface area contributed by atoms with E-state index in [2.05, 4.69) is 5.43 Å². The van der Waals surface area contributed by atoms with Crippen LogP contribution in [0.3, 0.4) is 0 Å². The van der Waals surface area contributed by atoms with Gasteiger partial charge in [-0.25, -0.2) is 4.39 Å². The van der Waals surface area contributed by atoms with Crippen molar-refractivity contribution in [1.82, 2.24) is 5.43 Å². The van der Waals surface area contributed by atoms with Gasteiger partial charge in [-0.1, -0.05) is 17.7 Å². The zero-order valence-electron chi connectivity index (χ0n) is 12.4. The molecule has 1 spiro atoms. The first-order valence-electron chi connectivity index (χ1n) is 7.57. The molecule has 2 saturated heterocycles. The van der Waals surface area contributed by atoms with Crippen molar-refractivity contribution in [3.05, 3.63) is 35.1 Å². The zero-order valence-corrected chi connectivity index (χ0v) is 13.2. The zero-order chi connectivity index (χ0) is 14.9. The third-order valence-corrected chi connectivity index (χ3v) is 5.96. The molecule has 3 unspecified atom stereocenters. The van der Waals surface area contributed by atoms with E-state index in [-0.39, 0.29) is 17.5 Å². The number of halogens is 1. The van der Waals surface area contributed by atoms with Crippen LogP contribution in [-0.2, 0) is 4.74 Å². The molecular formula is C16H23FN2OS. The van der Waals surface area contributed by atoms with Crippen LogP contribution >= 0.6 is 11.8 Å². The molecule has 1 aromatic carbocycles. The van der Waals surface area contributed by atoms with Crippen molar-refractivity contribution in [3.63, 3.8) is 0 Å². The highest BCUT2D eigenvalue weighted by Crippen LogP contribution is 2.44. The number of benzene rings is 1. The Balaban J connectivity index is 1.84. The fourth-order valence-corrected chi connectivity index (χ4v) is 4.97. The van der Waals surface area contributed by atoms with Gasteiger partial charge in [-0.05, 0) is 43.9 Å². The molecule has 0 saturated carbocycles. The van der Waals surface area contributed by atoms with Crippen molar-refractivity contribution in [1.29, 1.82) is 0 Å². The van der Waals surface area contributed by atoms with E-state index >= 15 is 0 Å². The highest BCUT2D eigenvalue weighted by atomic mass is 32.2. The van der Waals surface area contributed by atoms with E-state index in [1.807, 2.05) is 24.8 Å². The SMILES string of the molecule is Cc1ccc(F)c(C(NN)C2CCOC3(CCSC3)C2)c1. The molecule has 1 aromatic rings. The van der Waals surface area contributed by atoms with Gasteiger partial charge in [-0.3, -0.25) is 11.3 Å². The molecule has 2 heterocycles. The molecule has 3 N–H and O–H groups in total. The van der Waals surface area contributed by atoms with Crippen LogP contribution in [0.4, 0.5) is 4.39 Å². The van der Waals surface area contributed by atoms with Crippen molar-refractivity contribution in [2.45, 2.75) is 37.8 Å². The lowest BCUT2D eigenvalue weighted by Crippen LogP contribution is -2.45. The number of aryl methyl sites for hydroxylation is 1. The second-order valence-corrected chi connectivity index (χ2v) is 7.36. The largest absolute Gasteiger partial charge is 0.374 e. The Bertz CT molecular complexity index is 505. The molecule has 3 atom stereocenters. The van der Waals surface area contributed by atoms with Crippen LogP contribution in [0.15, 0.2) is 18.2 Å². The lowest BCUT2D eigenvalue weighted by atomic mass is 9.79. The first-order valence-corrected chi connectivity index (χ1v) is 8.73. The van der Waals surface area contributed by atoms with E-state index in [0.717, 1.165) is 42.9 Å². The molecule has 0 bridgehead atoms. The Morgan fingerprint density at radius 3 is 3.10 bits per heavy atom. The summed E-state index contributed by atoms with van der Waals surface area (Å²) in [6.07, 6.45) is 2.98. The van der Waals surface area contributed by atoms with E-state index < -0.39 is 0 Å².